The zero-order chi connectivity index (χ0) is 11.5. The topological polar surface area (TPSA) is 42.3 Å². The molecule has 0 bridgehead atoms. The molecule has 1 aliphatic heterocycles. The molecule has 0 saturated carbocycles. The quantitative estimate of drug-likeness (QED) is 0.785. The highest BCUT2D eigenvalue weighted by atomic mass is 16.5. The van der Waals surface area contributed by atoms with E-state index < -0.39 is 0 Å². The predicted octanol–water partition coefficient (Wildman–Crippen LogP) is 0.0112. The number of nitrogens with zero attached hydrogens (tertiary/aromatic N) is 3. The van der Waals surface area contributed by atoms with E-state index in [1.54, 1.807) is 0 Å². The molecule has 1 N–H and O–H groups in total. The van der Waals surface area contributed by atoms with E-state index in [1.165, 1.54) is 5.56 Å². The van der Waals surface area contributed by atoms with Crippen LogP contribution in [0.5, 0.6) is 0 Å². The van der Waals surface area contributed by atoms with E-state index in [0.29, 0.717) is 6.04 Å². The molecule has 0 radical (unpaired) electrons. The van der Waals surface area contributed by atoms with Crippen LogP contribution in [-0.4, -0.2) is 54.6 Å². The number of likely N-dealkylation sites (N-methyl/N-ethyl adjacent to an activating group) is 2. The minimum Gasteiger partial charge on any atom is -0.374 e. The third kappa shape index (κ3) is 2.26. The highest BCUT2D eigenvalue weighted by molar-refractivity contribution is 5.13. The first-order chi connectivity index (χ1) is 7.72. The molecular weight excluding hydrogens is 204 g/mol. The predicted molar refractivity (Wildman–Crippen MR) is 62.2 cm³/mol. The second-order valence-electron chi connectivity index (χ2n) is 4.34. The summed E-state index contributed by atoms with van der Waals surface area (Å²) in [5, 5.41) is 7.42. The highest BCUT2D eigenvalue weighted by Gasteiger charge is 2.31. The van der Waals surface area contributed by atoms with Crippen molar-refractivity contribution in [3.8, 4) is 0 Å². The van der Waals surface area contributed by atoms with Gasteiger partial charge >= 0.3 is 0 Å². The summed E-state index contributed by atoms with van der Waals surface area (Å²) in [7, 11) is 6.04. The smallest absolute Gasteiger partial charge is 0.0897 e. The molecule has 0 amide bonds. The summed E-state index contributed by atoms with van der Waals surface area (Å²) in [4.78, 5) is 2.34. The van der Waals surface area contributed by atoms with Gasteiger partial charge in [0.15, 0.2) is 0 Å². The Kier molecular flexibility index (Phi) is 3.58. The van der Waals surface area contributed by atoms with E-state index in [9.17, 15) is 0 Å². The van der Waals surface area contributed by atoms with E-state index in [2.05, 4.69) is 28.6 Å². The van der Waals surface area contributed by atoms with E-state index in [-0.39, 0.29) is 6.10 Å². The molecule has 90 valence electrons. The van der Waals surface area contributed by atoms with Gasteiger partial charge in [0.05, 0.1) is 24.9 Å². The van der Waals surface area contributed by atoms with Crippen molar-refractivity contribution in [3.05, 3.63) is 18.0 Å². The van der Waals surface area contributed by atoms with Gasteiger partial charge in [0.25, 0.3) is 0 Å². The lowest BCUT2D eigenvalue weighted by molar-refractivity contribution is -0.0606. The Hall–Kier alpha value is -0.910. The van der Waals surface area contributed by atoms with Crippen LogP contribution in [-0.2, 0) is 11.8 Å². The second-order valence-corrected chi connectivity index (χ2v) is 4.34. The molecule has 2 atom stereocenters. The van der Waals surface area contributed by atoms with Crippen LogP contribution in [0.1, 0.15) is 11.6 Å². The number of hydrogen-bond donors (Lipinski definition) is 1. The summed E-state index contributed by atoms with van der Waals surface area (Å²) in [5.74, 6) is 0. The molecule has 1 fully saturated rings. The van der Waals surface area contributed by atoms with Gasteiger partial charge in [-0.15, -0.1) is 0 Å². The van der Waals surface area contributed by atoms with Crippen molar-refractivity contribution in [3.63, 3.8) is 0 Å². The van der Waals surface area contributed by atoms with Gasteiger partial charge in [-0.1, -0.05) is 0 Å². The molecule has 2 rings (SSSR count). The van der Waals surface area contributed by atoms with E-state index in [4.69, 9.17) is 4.74 Å². The number of ether oxygens (including phenoxy) is 1. The van der Waals surface area contributed by atoms with Crippen molar-refractivity contribution in [2.45, 2.75) is 12.1 Å². The average Bonchev–Trinajstić information content (AvgIpc) is 2.65. The highest BCUT2D eigenvalue weighted by Crippen LogP contribution is 2.27. The Morgan fingerprint density at radius 1 is 1.56 bits per heavy atom. The molecule has 0 spiro atoms. The molecule has 0 aliphatic carbocycles. The second kappa shape index (κ2) is 4.95. The van der Waals surface area contributed by atoms with Crippen LogP contribution >= 0.6 is 0 Å². The van der Waals surface area contributed by atoms with Crippen molar-refractivity contribution >= 4 is 0 Å². The van der Waals surface area contributed by atoms with Gasteiger partial charge in [0.2, 0.25) is 0 Å². The molecule has 1 aliphatic rings. The SMILES string of the molecule is CNC[C@H]1OCCN(C)[C@H]1c1cnn(C)c1. The standard InChI is InChI=1S/C11H20N4O/c1-12-7-10-11(14(2)4-5-16-10)9-6-13-15(3)8-9/h6,8,10-12H,4-5,7H2,1-3H3/t10-,11+/m1/s1. The van der Waals surface area contributed by atoms with Gasteiger partial charge in [-0.2, -0.15) is 5.10 Å². The molecule has 1 aromatic rings. The fourth-order valence-electron chi connectivity index (χ4n) is 2.30. The van der Waals surface area contributed by atoms with Crippen LogP contribution in [0.25, 0.3) is 0 Å². The van der Waals surface area contributed by atoms with Crippen LogP contribution in [0.4, 0.5) is 0 Å². The third-order valence-electron chi connectivity index (χ3n) is 3.07. The molecule has 1 saturated heterocycles. The van der Waals surface area contributed by atoms with Gasteiger partial charge in [0, 0.05) is 31.9 Å². The van der Waals surface area contributed by atoms with Crippen LogP contribution in [0.3, 0.4) is 0 Å². The zero-order valence-corrected chi connectivity index (χ0v) is 10.2. The first-order valence-corrected chi connectivity index (χ1v) is 5.67. The lowest BCUT2D eigenvalue weighted by atomic mass is 10.0. The molecule has 0 aromatic carbocycles. The first-order valence-electron chi connectivity index (χ1n) is 5.67. The Morgan fingerprint density at radius 3 is 3.00 bits per heavy atom. The van der Waals surface area contributed by atoms with Gasteiger partial charge in [-0.05, 0) is 14.1 Å². The maximum atomic E-state index is 5.82. The maximum Gasteiger partial charge on any atom is 0.0897 e. The van der Waals surface area contributed by atoms with Crippen molar-refractivity contribution in [1.82, 2.24) is 20.0 Å². The number of rotatable bonds is 3. The van der Waals surface area contributed by atoms with E-state index in [1.807, 2.05) is 25.0 Å². The third-order valence-corrected chi connectivity index (χ3v) is 3.07. The van der Waals surface area contributed by atoms with Gasteiger partial charge in [-0.25, -0.2) is 0 Å². The Balaban J connectivity index is 2.18. The number of aromatic nitrogens is 2. The number of aryl methyl sites for hydroxylation is 1. The fourth-order valence-corrected chi connectivity index (χ4v) is 2.30. The molecule has 0 unspecified atom stereocenters. The zero-order valence-electron chi connectivity index (χ0n) is 10.2. The summed E-state index contributed by atoms with van der Waals surface area (Å²) in [6.07, 6.45) is 4.20. The van der Waals surface area contributed by atoms with Crippen LogP contribution < -0.4 is 5.32 Å². The van der Waals surface area contributed by atoms with Crippen molar-refractivity contribution in [2.24, 2.45) is 7.05 Å². The summed E-state index contributed by atoms with van der Waals surface area (Å²) < 4.78 is 7.67. The summed E-state index contributed by atoms with van der Waals surface area (Å²) in [5.41, 5.74) is 1.23. The minimum absolute atomic E-state index is 0.202. The lowest BCUT2D eigenvalue weighted by Gasteiger charge is -2.38. The fraction of sp³-hybridized carbons (Fsp3) is 0.727. The Morgan fingerprint density at radius 2 is 2.38 bits per heavy atom. The molecule has 16 heavy (non-hydrogen) atoms. The minimum atomic E-state index is 0.202. The van der Waals surface area contributed by atoms with Gasteiger partial charge < -0.3 is 10.1 Å². The largest absolute Gasteiger partial charge is 0.374 e. The van der Waals surface area contributed by atoms with Crippen molar-refractivity contribution < 1.29 is 4.74 Å². The lowest BCUT2D eigenvalue weighted by Crippen LogP contribution is -2.46. The summed E-state index contributed by atoms with van der Waals surface area (Å²) in [6, 6.07) is 0.301. The Bertz CT molecular complexity index is 336. The monoisotopic (exact) mass is 224 g/mol. The van der Waals surface area contributed by atoms with Gasteiger partial charge in [0.1, 0.15) is 0 Å². The maximum absolute atomic E-state index is 5.82. The molecule has 2 heterocycles. The molecule has 5 heteroatoms. The van der Waals surface area contributed by atoms with E-state index in [0.717, 1.165) is 19.7 Å². The average molecular weight is 224 g/mol. The van der Waals surface area contributed by atoms with E-state index >= 15 is 0 Å². The molecular formula is C11H20N4O. The van der Waals surface area contributed by atoms with Crippen molar-refractivity contribution in [2.75, 3.05) is 33.8 Å². The number of nitrogens with one attached hydrogen (secondary N) is 1. The Labute approximate surface area is 96.4 Å². The normalized spacial score (nSPS) is 27.2. The molecule has 1 aromatic heterocycles. The van der Waals surface area contributed by atoms with Crippen molar-refractivity contribution in [1.29, 1.82) is 0 Å². The van der Waals surface area contributed by atoms with Crippen LogP contribution in [0.2, 0.25) is 0 Å². The summed E-state index contributed by atoms with van der Waals surface area (Å²) >= 11 is 0. The molecule has 5 nitrogen and oxygen atoms in total. The number of hydrogen-bond acceptors (Lipinski definition) is 4. The summed E-state index contributed by atoms with van der Waals surface area (Å²) in [6.45, 7) is 2.64. The van der Waals surface area contributed by atoms with Crippen LogP contribution in [0.15, 0.2) is 12.4 Å². The van der Waals surface area contributed by atoms with Gasteiger partial charge in [-0.3, -0.25) is 9.58 Å². The first kappa shape index (κ1) is 11.6. The van der Waals surface area contributed by atoms with Crippen LogP contribution in [0, 0.1) is 0 Å². The number of morpholine rings is 1.